The monoisotopic (exact) mass is 277 g/mol. The average molecular weight is 277 g/mol. The Kier molecular flexibility index (Phi) is 4.53. The molecule has 1 aromatic carbocycles. The molecule has 0 aliphatic rings. The van der Waals surface area contributed by atoms with E-state index in [1.807, 2.05) is 6.07 Å². The summed E-state index contributed by atoms with van der Waals surface area (Å²) in [6.07, 6.45) is 0.779. The van der Waals surface area contributed by atoms with Crippen molar-refractivity contribution >= 4 is 0 Å². The molecule has 0 bridgehead atoms. The lowest BCUT2D eigenvalue weighted by Gasteiger charge is -2.11. The molecular formula is C15H16FNO3. The van der Waals surface area contributed by atoms with Gasteiger partial charge in [-0.15, -0.1) is 0 Å². The molecule has 1 aromatic heterocycles. The largest absolute Gasteiger partial charge is 0.489 e. The smallest absolute Gasteiger partial charge is 0.219 e. The first kappa shape index (κ1) is 14.3. The van der Waals surface area contributed by atoms with E-state index in [2.05, 4.69) is 4.98 Å². The Bertz CT molecular complexity index is 587. The molecule has 0 saturated carbocycles. The van der Waals surface area contributed by atoms with Crippen LogP contribution >= 0.6 is 0 Å². The number of hydrogen-bond acceptors (Lipinski definition) is 4. The van der Waals surface area contributed by atoms with Crippen LogP contribution in [0.2, 0.25) is 0 Å². The third-order valence-corrected chi connectivity index (χ3v) is 2.86. The highest BCUT2D eigenvalue weighted by atomic mass is 19.1. The van der Waals surface area contributed by atoms with Crippen LogP contribution in [0.4, 0.5) is 4.39 Å². The van der Waals surface area contributed by atoms with Crippen molar-refractivity contribution < 1.29 is 19.0 Å². The number of hydrogen-bond donors (Lipinski definition) is 1. The zero-order valence-electron chi connectivity index (χ0n) is 11.3. The van der Waals surface area contributed by atoms with Crippen LogP contribution in [-0.4, -0.2) is 17.2 Å². The first-order valence-electron chi connectivity index (χ1n) is 6.20. The van der Waals surface area contributed by atoms with Gasteiger partial charge in [0.15, 0.2) is 0 Å². The molecule has 5 heteroatoms. The van der Waals surface area contributed by atoms with Crippen LogP contribution in [-0.2, 0) is 6.61 Å². The maximum absolute atomic E-state index is 13.7. The zero-order chi connectivity index (χ0) is 14.5. The van der Waals surface area contributed by atoms with Gasteiger partial charge in [0.25, 0.3) is 0 Å². The number of methoxy groups -OCH3 is 1. The van der Waals surface area contributed by atoms with Crippen molar-refractivity contribution in [2.75, 3.05) is 7.11 Å². The summed E-state index contributed by atoms with van der Waals surface area (Å²) in [7, 11) is 1.53. The van der Waals surface area contributed by atoms with Crippen molar-refractivity contribution in [1.29, 1.82) is 0 Å². The predicted molar refractivity (Wildman–Crippen MR) is 72.2 cm³/mol. The number of benzene rings is 1. The van der Waals surface area contributed by atoms with Gasteiger partial charge >= 0.3 is 0 Å². The molecule has 2 rings (SSSR count). The highest BCUT2D eigenvalue weighted by Crippen LogP contribution is 2.23. The van der Waals surface area contributed by atoms with Gasteiger partial charge < -0.3 is 14.6 Å². The summed E-state index contributed by atoms with van der Waals surface area (Å²) in [4.78, 5) is 4.05. The number of nitrogens with zero attached hydrogens (tertiary/aromatic N) is 1. The minimum absolute atomic E-state index is 0.227. The van der Waals surface area contributed by atoms with Gasteiger partial charge in [-0.3, -0.25) is 0 Å². The number of rotatable bonds is 5. The molecule has 0 aliphatic heterocycles. The Hall–Kier alpha value is -2.14. The van der Waals surface area contributed by atoms with Gasteiger partial charge in [-0.2, -0.15) is 0 Å². The fraction of sp³-hybridized carbons (Fsp3) is 0.267. The van der Waals surface area contributed by atoms with Crippen LogP contribution in [0, 0.1) is 5.82 Å². The number of aromatic nitrogens is 1. The second-order valence-electron chi connectivity index (χ2n) is 4.32. The van der Waals surface area contributed by atoms with E-state index in [0.29, 0.717) is 11.6 Å². The Morgan fingerprint density at radius 1 is 1.35 bits per heavy atom. The van der Waals surface area contributed by atoms with E-state index in [-0.39, 0.29) is 12.2 Å². The van der Waals surface area contributed by atoms with Crippen LogP contribution in [0.15, 0.2) is 36.5 Å². The van der Waals surface area contributed by atoms with Gasteiger partial charge in [-0.25, -0.2) is 9.37 Å². The number of aliphatic hydroxyl groups excluding tert-OH is 1. The van der Waals surface area contributed by atoms with Crippen LogP contribution in [0.1, 0.15) is 24.2 Å². The Morgan fingerprint density at radius 2 is 2.15 bits per heavy atom. The summed E-state index contributed by atoms with van der Waals surface area (Å²) in [5.74, 6) is 0.377. The standard InChI is InChI=1S/C15H16FNO3/c1-10(18)13-6-5-12(8-14(13)16)20-9-11-4-3-7-17-15(11)19-2/h3-8,10,18H,9H2,1-2H3. The molecule has 0 amide bonds. The Balaban J connectivity index is 2.09. The van der Waals surface area contributed by atoms with Crippen molar-refractivity contribution in [3.63, 3.8) is 0 Å². The summed E-state index contributed by atoms with van der Waals surface area (Å²) in [5, 5.41) is 9.37. The minimum atomic E-state index is -0.845. The molecule has 106 valence electrons. The number of ether oxygens (including phenoxy) is 2. The van der Waals surface area contributed by atoms with E-state index < -0.39 is 11.9 Å². The molecule has 2 aromatic rings. The van der Waals surface area contributed by atoms with E-state index in [9.17, 15) is 9.50 Å². The summed E-state index contributed by atoms with van der Waals surface area (Å²) in [6.45, 7) is 1.74. The van der Waals surface area contributed by atoms with Gasteiger partial charge in [-0.1, -0.05) is 0 Å². The molecule has 0 fully saturated rings. The van der Waals surface area contributed by atoms with Gasteiger partial charge in [0.1, 0.15) is 18.2 Å². The summed E-state index contributed by atoms with van der Waals surface area (Å²) in [6, 6.07) is 7.99. The van der Waals surface area contributed by atoms with Gasteiger partial charge in [0.05, 0.1) is 18.8 Å². The van der Waals surface area contributed by atoms with Crippen LogP contribution in [0.5, 0.6) is 11.6 Å². The number of aliphatic hydroxyl groups is 1. The fourth-order valence-corrected chi connectivity index (χ4v) is 1.82. The lowest BCUT2D eigenvalue weighted by Crippen LogP contribution is -2.01. The molecule has 0 saturated heterocycles. The topological polar surface area (TPSA) is 51.6 Å². The van der Waals surface area contributed by atoms with E-state index in [4.69, 9.17) is 9.47 Å². The molecule has 4 nitrogen and oxygen atoms in total. The zero-order valence-corrected chi connectivity index (χ0v) is 11.3. The van der Waals surface area contributed by atoms with Crippen LogP contribution in [0.3, 0.4) is 0 Å². The molecule has 1 atom stereocenters. The molecule has 0 radical (unpaired) electrons. The second kappa shape index (κ2) is 6.34. The molecule has 0 aliphatic carbocycles. The van der Waals surface area contributed by atoms with Crippen LogP contribution in [0.25, 0.3) is 0 Å². The minimum Gasteiger partial charge on any atom is -0.489 e. The number of halogens is 1. The maximum atomic E-state index is 13.7. The lowest BCUT2D eigenvalue weighted by molar-refractivity contribution is 0.193. The summed E-state index contributed by atoms with van der Waals surface area (Å²) < 4.78 is 24.3. The highest BCUT2D eigenvalue weighted by Gasteiger charge is 2.10. The maximum Gasteiger partial charge on any atom is 0.219 e. The highest BCUT2D eigenvalue weighted by molar-refractivity contribution is 5.31. The Labute approximate surface area is 116 Å². The first-order valence-corrected chi connectivity index (χ1v) is 6.20. The third kappa shape index (κ3) is 3.24. The second-order valence-corrected chi connectivity index (χ2v) is 4.32. The summed E-state index contributed by atoms with van der Waals surface area (Å²) in [5.41, 5.74) is 1.02. The van der Waals surface area contributed by atoms with Crippen molar-refractivity contribution in [3.05, 3.63) is 53.5 Å². The Morgan fingerprint density at radius 3 is 2.80 bits per heavy atom. The van der Waals surface area contributed by atoms with Crippen LogP contribution < -0.4 is 9.47 Å². The van der Waals surface area contributed by atoms with E-state index in [1.54, 1.807) is 18.3 Å². The van der Waals surface area contributed by atoms with Crippen molar-refractivity contribution in [2.45, 2.75) is 19.6 Å². The summed E-state index contributed by atoms with van der Waals surface area (Å²) >= 11 is 0. The van der Waals surface area contributed by atoms with Gasteiger partial charge in [-0.05, 0) is 31.2 Å². The molecule has 1 N–H and O–H groups in total. The van der Waals surface area contributed by atoms with E-state index in [0.717, 1.165) is 5.56 Å². The third-order valence-electron chi connectivity index (χ3n) is 2.86. The molecule has 20 heavy (non-hydrogen) atoms. The number of pyridine rings is 1. The van der Waals surface area contributed by atoms with Gasteiger partial charge in [0, 0.05) is 17.8 Å². The molecular weight excluding hydrogens is 261 g/mol. The first-order chi connectivity index (χ1) is 9.61. The van der Waals surface area contributed by atoms with E-state index in [1.165, 1.54) is 26.2 Å². The molecule has 1 unspecified atom stereocenters. The van der Waals surface area contributed by atoms with Crippen molar-refractivity contribution in [2.24, 2.45) is 0 Å². The predicted octanol–water partition coefficient (Wildman–Crippen LogP) is 2.86. The lowest BCUT2D eigenvalue weighted by atomic mass is 10.1. The van der Waals surface area contributed by atoms with Crippen molar-refractivity contribution in [1.82, 2.24) is 4.98 Å². The quantitative estimate of drug-likeness (QED) is 0.913. The average Bonchev–Trinajstić information content (AvgIpc) is 2.45. The van der Waals surface area contributed by atoms with Crippen molar-refractivity contribution in [3.8, 4) is 11.6 Å². The van der Waals surface area contributed by atoms with E-state index >= 15 is 0 Å². The fourth-order valence-electron chi connectivity index (χ4n) is 1.82. The normalized spacial score (nSPS) is 12.0. The SMILES string of the molecule is COc1ncccc1COc1ccc(C(C)O)c(F)c1. The molecule has 1 heterocycles. The molecule has 0 spiro atoms. The van der Waals surface area contributed by atoms with Gasteiger partial charge in [0.2, 0.25) is 5.88 Å².